The lowest BCUT2D eigenvalue weighted by Gasteiger charge is -2.28. The molecule has 0 bridgehead atoms. The topological polar surface area (TPSA) is 9.23 Å². The highest BCUT2D eigenvalue weighted by atomic mass is 19.2. The van der Waals surface area contributed by atoms with Crippen LogP contribution in [-0.4, -0.2) is 6.61 Å². The van der Waals surface area contributed by atoms with Gasteiger partial charge in [0.1, 0.15) is 11.6 Å². The first-order chi connectivity index (χ1) is 15.4. The Balaban J connectivity index is 1.63. The second kappa shape index (κ2) is 11.7. The first kappa shape index (κ1) is 24.6. The van der Waals surface area contributed by atoms with Crippen molar-refractivity contribution in [2.45, 2.75) is 78.1 Å². The van der Waals surface area contributed by atoms with Gasteiger partial charge in [-0.25, -0.2) is 13.2 Å². The van der Waals surface area contributed by atoms with Gasteiger partial charge in [-0.3, -0.25) is 0 Å². The molecule has 0 unspecified atom stereocenters. The summed E-state index contributed by atoms with van der Waals surface area (Å²) in [6.45, 7) is 4.05. The molecule has 1 fully saturated rings. The average Bonchev–Trinajstić information content (AvgIpc) is 2.79. The maximum absolute atomic E-state index is 14.8. The van der Waals surface area contributed by atoms with Crippen LogP contribution in [0, 0.1) is 35.1 Å². The normalized spacial score (nSPS) is 18.7. The molecule has 3 rings (SSSR count). The molecule has 0 atom stereocenters. The second-order valence-electron chi connectivity index (χ2n) is 9.02. The Hall–Kier alpha value is -2.04. The number of ether oxygens (including phenoxy) is 1. The van der Waals surface area contributed by atoms with Crippen molar-refractivity contribution in [3.05, 3.63) is 53.1 Å². The smallest absolute Gasteiger partial charge is 0.201 e. The van der Waals surface area contributed by atoms with Gasteiger partial charge in [0, 0.05) is 11.1 Å². The molecule has 2 aromatic rings. The zero-order chi connectivity index (χ0) is 23.1. The van der Waals surface area contributed by atoms with E-state index in [1.165, 1.54) is 50.7 Å². The molecule has 1 saturated carbocycles. The van der Waals surface area contributed by atoms with Crippen LogP contribution in [0.4, 0.5) is 17.6 Å². The van der Waals surface area contributed by atoms with Crippen LogP contribution in [0.25, 0.3) is 11.1 Å². The van der Waals surface area contributed by atoms with Gasteiger partial charge < -0.3 is 4.74 Å². The van der Waals surface area contributed by atoms with E-state index in [1.54, 1.807) is 6.92 Å². The van der Waals surface area contributed by atoms with E-state index in [0.29, 0.717) is 17.9 Å². The number of hydrogen-bond acceptors (Lipinski definition) is 1. The summed E-state index contributed by atoms with van der Waals surface area (Å²) in [6.07, 6.45) is 11.2. The number of halogens is 4. The molecule has 0 aliphatic heterocycles. The van der Waals surface area contributed by atoms with Gasteiger partial charge in [-0.05, 0) is 61.4 Å². The zero-order valence-electron chi connectivity index (χ0n) is 19.2. The Labute approximate surface area is 189 Å². The third-order valence-corrected chi connectivity index (χ3v) is 6.78. The highest BCUT2D eigenvalue weighted by Gasteiger charge is 2.23. The van der Waals surface area contributed by atoms with Gasteiger partial charge in [0.2, 0.25) is 5.82 Å². The van der Waals surface area contributed by atoms with Crippen molar-refractivity contribution >= 4 is 0 Å². The van der Waals surface area contributed by atoms with Crippen molar-refractivity contribution in [2.75, 3.05) is 6.61 Å². The van der Waals surface area contributed by atoms with Gasteiger partial charge in [-0.1, -0.05) is 58.3 Å². The fraction of sp³-hybridized carbons (Fsp3) is 0.556. The van der Waals surface area contributed by atoms with Gasteiger partial charge in [0.25, 0.3) is 0 Å². The van der Waals surface area contributed by atoms with Crippen molar-refractivity contribution < 1.29 is 22.3 Å². The highest BCUT2D eigenvalue weighted by molar-refractivity contribution is 5.66. The van der Waals surface area contributed by atoms with Crippen molar-refractivity contribution in [2.24, 2.45) is 11.8 Å². The molecule has 1 aliphatic rings. The molecule has 0 spiro atoms. The number of rotatable bonds is 10. The fourth-order valence-electron chi connectivity index (χ4n) is 4.84. The van der Waals surface area contributed by atoms with Crippen LogP contribution in [0.3, 0.4) is 0 Å². The molecule has 1 aliphatic carbocycles. The molecule has 2 aromatic carbocycles. The van der Waals surface area contributed by atoms with Gasteiger partial charge in [0.15, 0.2) is 11.6 Å². The van der Waals surface area contributed by atoms with E-state index in [0.717, 1.165) is 37.3 Å². The van der Waals surface area contributed by atoms with Crippen LogP contribution < -0.4 is 4.74 Å². The predicted molar refractivity (Wildman–Crippen MR) is 121 cm³/mol. The lowest BCUT2D eigenvalue weighted by molar-refractivity contribution is 0.248. The second-order valence-corrected chi connectivity index (χ2v) is 9.02. The van der Waals surface area contributed by atoms with Crippen LogP contribution in [-0.2, 0) is 6.42 Å². The standard InChI is InChI=1S/C27H34F4O/c1-3-5-6-7-18-8-10-19(11-9-18)12-13-20-16-24(29)22(17-23(20)28)21-14-15-25(32-4-2)27(31)26(21)30/h14-19H,3-13H2,1-2H3. The molecule has 0 radical (unpaired) electrons. The molecule has 0 heterocycles. The maximum Gasteiger partial charge on any atom is 0.201 e. The van der Waals surface area contributed by atoms with Crippen LogP contribution >= 0.6 is 0 Å². The van der Waals surface area contributed by atoms with E-state index in [2.05, 4.69) is 6.92 Å². The van der Waals surface area contributed by atoms with E-state index in [9.17, 15) is 17.6 Å². The van der Waals surface area contributed by atoms with E-state index < -0.39 is 23.3 Å². The SMILES string of the molecule is CCCCCC1CCC(CCc2cc(F)c(-c3ccc(OCC)c(F)c3F)cc2F)CC1. The highest BCUT2D eigenvalue weighted by Crippen LogP contribution is 2.36. The summed E-state index contributed by atoms with van der Waals surface area (Å²) >= 11 is 0. The van der Waals surface area contributed by atoms with Crippen molar-refractivity contribution in [3.8, 4) is 16.9 Å². The maximum atomic E-state index is 14.8. The molecule has 0 N–H and O–H groups in total. The van der Waals surface area contributed by atoms with Crippen molar-refractivity contribution in [1.29, 1.82) is 0 Å². The molecule has 0 saturated heterocycles. The van der Waals surface area contributed by atoms with Crippen LogP contribution in [0.5, 0.6) is 5.75 Å². The summed E-state index contributed by atoms with van der Waals surface area (Å²) in [5.41, 5.74) is -0.295. The summed E-state index contributed by atoms with van der Waals surface area (Å²) < 4.78 is 63.1. The number of benzene rings is 2. The first-order valence-electron chi connectivity index (χ1n) is 12.0. The average molecular weight is 451 g/mol. The van der Waals surface area contributed by atoms with Gasteiger partial charge in [0.05, 0.1) is 6.61 Å². The van der Waals surface area contributed by atoms with E-state index in [1.807, 2.05) is 0 Å². The minimum atomic E-state index is -1.24. The minimum absolute atomic E-state index is 0.175. The van der Waals surface area contributed by atoms with Crippen LogP contribution in [0.2, 0.25) is 0 Å². The lowest BCUT2D eigenvalue weighted by atomic mass is 9.77. The number of hydrogen-bond donors (Lipinski definition) is 0. The van der Waals surface area contributed by atoms with Crippen molar-refractivity contribution in [3.63, 3.8) is 0 Å². The van der Waals surface area contributed by atoms with Crippen LogP contribution in [0.15, 0.2) is 24.3 Å². The first-order valence-corrected chi connectivity index (χ1v) is 12.0. The molecule has 176 valence electrons. The molecular formula is C27H34F4O. The van der Waals surface area contributed by atoms with E-state index in [4.69, 9.17) is 4.74 Å². The molecule has 32 heavy (non-hydrogen) atoms. The Morgan fingerprint density at radius 2 is 1.47 bits per heavy atom. The number of unbranched alkanes of at least 4 members (excludes halogenated alkanes) is 2. The Bertz CT molecular complexity index is 888. The summed E-state index contributed by atoms with van der Waals surface area (Å²) in [7, 11) is 0. The predicted octanol–water partition coefficient (Wildman–Crippen LogP) is 8.63. The Morgan fingerprint density at radius 3 is 2.12 bits per heavy atom. The summed E-state index contributed by atoms with van der Waals surface area (Å²) in [4.78, 5) is 0. The summed E-state index contributed by atoms with van der Waals surface area (Å²) in [6, 6.07) is 4.57. The van der Waals surface area contributed by atoms with E-state index in [-0.39, 0.29) is 23.5 Å². The van der Waals surface area contributed by atoms with Crippen molar-refractivity contribution in [1.82, 2.24) is 0 Å². The molecule has 0 amide bonds. The Morgan fingerprint density at radius 1 is 0.781 bits per heavy atom. The zero-order valence-corrected chi connectivity index (χ0v) is 19.2. The third-order valence-electron chi connectivity index (χ3n) is 6.78. The quantitative estimate of drug-likeness (QED) is 0.260. The Kier molecular flexibility index (Phi) is 9.01. The molecule has 5 heteroatoms. The largest absolute Gasteiger partial charge is 0.491 e. The lowest BCUT2D eigenvalue weighted by Crippen LogP contribution is -2.15. The molecular weight excluding hydrogens is 416 g/mol. The van der Waals surface area contributed by atoms with Gasteiger partial charge in [-0.2, -0.15) is 4.39 Å². The fourth-order valence-corrected chi connectivity index (χ4v) is 4.84. The van der Waals surface area contributed by atoms with Gasteiger partial charge >= 0.3 is 0 Å². The molecule has 0 aromatic heterocycles. The molecule has 1 nitrogen and oxygen atoms in total. The van der Waals surface area contributed by atoms with E-state index >= 15 is 0 Å². The van der Waals surface area contributed by atoms with Gasteiger partial charge in [-0.15, -0.1) is 0 Å². The number of aryl methyl sites for hydroxylation is 1. The van der Waals surface area contributed by atoms with Crippen LogP contribution in [0.1, 0.15) is 77.2 Å². The summed E-state index contributed by atoms with van der Waals surface area (Å²) in [5, 5.41) is 0. The third kappa shape index (κ3) is 6.05. The minimum Gasteiger partial charge on any atom is -0.491 e. The summed E-state index contributed by atoms with van der Waals surface area (Å²) in [5.74, 6) is -2.65. The monoisotopic (exact) mass is 450 g/mol.